The molecule has 108 valence electrons. The van der Waals surface area contributed by atoms with E-state index < -0.39 is 21.4 Å². The molecule has 0 bridgehead atoms. The van der Waals surface area contributed by atoms with Crippen LogP contribution in [0, 0.1) is 17.1 Å². The summed E-state index contributed by atoms with van der Waals surface area (Å²) in [5, 5.41) is 9.10. The molecule has 1 saturated heterocycles. The Morgan fingerprint density at radius 1 is 1.45 bits per heavy atom. The predicted molar refractivity (Wildman–Crippen MR) is 79.9 cm³/mol. The van der Waals surface area contributed by atoms with Crippen LogP contribution in [0.25, 0.3) is 0 Å². The van der Waals surface area contributed by atoms with Crippen molar-refractivity contribution in [3.05, 3.63) is 29.6 Å². The molecule has 1 aromatic rings. The fraction of sp³-hybridized carbons (Fsp3) is 0.417. The Bertz CT molecular complexity index is 622. The fourth-order valence-electron chi connectivity index (χ4n) is 1.77. The normalized spacial score (nSPS) is 19.5. The zero-order valence-corrected chi connectivity index (χ0v) is 13.0. The lowest BCUT2D eigenvalue weighted by molar-refractivity contribution is 0.576. The lowest BCUT2D eigenvalue weighted by Gasteiger charge is -2.21. The van der Waals surface area contributed by atoms with Gasteiger partial charge >= 0.3 is 0 Å². The minimum atomic E-state index is -3.86. The monoisotopic (exact) mass is 332 g/mol. The molecule has 8 heteroatoms. The quantitative estimate of drug-likeness (QED) is 0.911. The topological polar surface area (TPSA) is 70.0 Å². The van der Waals surface area contributed by atoms with Crippen LogP contribution < -0.4 is 4.72 Å². The zero-order valence-electron chi connectivity index (χ0n) is 10.5. The molecule has 2 rings (SSSR count). The van der Waals surface area contributed by atoms with Gasteiger partial charge in [0.25, 0.3) is 0 Å². The van der Waals surface area contributed by atoms with E-state index in [4.69, 9.17) is 5.26 Å². The maximum atomic E-state index is 13.5. The molecule has 0 aliphatic carbocycles. The summed E-state index contributed by atoms with van der Waals surface area (Å²) in [7, 11) is -3.86. The fourth-order valence-corrected chi connectivity index (χ4v) is 5.73. The molecule has 1 heterocycles. The summed E-state index contributed by atoms with van der Waals surface area (Å²) in [5.74, 6) is 2.15. The van der Waals surface area contributed by atoms with Crippen molar-refractivity contribution >= 4 is 33.5 Å². The lowest BCUT2D eigenvalue weighted by Crippen LogP contribution is -2.33. The second-order valence-corrected chi connectivity index (χ2v) is 8.44. The molecule has 1 atom stereocenters. The van der Waals surface area contributed by atoms with Crippen LogP contribution in [0.2, 0.25) is 0 Å². The van der Waals surface area contributed by atoms with E-state index in [2.05, 4.69) is 4.72 Å². The number of hydrogen-bond donors (Lipinski definition) is 1. The molecule has 0 spiro atoms. The second-order valence-electron chi connectivity index (χ2n) is 4.14. The van der Waals surface area contributed by atoms with Crippen molar-refractivity contribution in [1.29, 1.82) is 5.26 Å². The average molecular weight is 332 g/mol. The average Bonchev–Trinajstić information content (AvgIpc) is 2.46. The maximum Gasteiger partial charge on any atom is 0.242 e. The summed E-state index contributed by atoms with van der Waals surface area (Å²) in [6.45, 7) is 0.293. The molecule has 0 aromatic heterocycles. The van der Waals surface area contributed by atoms with Crippen LogP contribution in [0.1, 0.15) is 5.56 Å². The first-order valence-electron chi connectivity index (χ1n) is 5.92. The molecule has 4 nitrogen and oxygen atoms in total. The summed E-state index contributed by atoms with van der Waals surface area (Å²) in [5.41, 5.74) is -0.439. The van der Waals surface area contributed by atoms with Crippen LogP contribution in [-0.2, 0) is 10.0 Å². The van der Waals surface area contributed by atoms with Crippen molar-refractivity contribution < 1.29 is 12.8 Å². The van der Waals surface area contributed by atoms with Crippen molar-refractivity contribution in [1.82, 2.24) is 4.72 Å². The molecule has 1 N–H and O–H groups in total. The van der Waals surface area contributed by atoms with Crippen LogP contribution in [0.3, 0.4) is 0 Å². The smallest absolute Gasteiger partial charge is 0.210 e. The number of benzene rings is 1. The van der Waals surface area contributed by atoms with E-state index in [0.717, 1.165) is 23.3 Å². The number of hydrogen-bond acceptors (Lipinski definition) is 5. The third kappa shape index (κ3) is 3.67. The van der Waals surface area contributed by atoms with Gasteiger partial charge in [-0.1, -0.05) is 6.07 Å². The van der Waals surface area contributed by atoms with E-state index in [9.17, 15) is 12.8 Å². The highest BCUT2D eigenvalue weighted by Crippen LogP contribution is 2.24. The Kier molecular flexibility index (Phi) is 5.32. The van der Waals surface area contributed by atoms with Gasteiger partial charge < -0.3 is 0 Å². The zero-order chi connectivity index (χ0) is 14.6. The van der Waals surface area contributed by atoms with Gasteiger partial charge in [0.15, 0.2) is 0 Å². The molecule has 1 aliphatic rings. The summed E-state index contributed by atoms with van der Waals surface area (Å²) >= 11 is 3.52. The molecular formula is C12H13FN2O2S3. The summed E-state index contributed by atoms with van der Waals surface area (Å²) in [4.78, 5) is -0.298. The first kappa shape index (κ1) is 15.6. The number of rotatable bonds is 4. The predicted octanol–water partition coefficient (Wildman–Crippen LogP) is 1.82. The van der Waals surface area contributed by atoms with Gasteiger partial charge in [-0.25, -0.2) is 17.5 Å². The van der Waals surface area contributed by atoms with Crippen molar-refractivity contribution in [2.45, 2.75) is 10.1 Å². The van der Waals surface area contributed by atoms with Crippen LogP contribution in [0.5, 0.6) is 0 Å². The molecule has 0 amide bonds. The summed E-state index contributed by atoms with van der Waals surface area (Å²) in [6, 6.07) is 5.21. The van der Waals surface area contributed by atoms with E-state index in [0.29, 0.717) is 6.54 Å². The van der Waals surface area contributed by atoms with Gasteiger partial charge in [-0.2, -0.15) is 28.8 Å². The first-order valence-corrected chi connectivity index (χ1v) is 9.61. The van der Waals surface area contributed by atoms with E-state index in [1.165, 1.54) is 12.1 Å². The minimum Gasteiger partial charge on any atom is -0.210 e. The lowest BCUT2D eigenvalue weighted by atomic mass is 10.2. The van der Waals surface area contributed by atoms with Gasteiger partial charge in [-0.3, -0.25) is 0 Å². The molecule has 1 aliphatic heterocycles. The molecule has 1 unspecified atom stereocenters. The first-order chi connectivity index (χ1) is 9.54. The van der Waals surface area contributed by atoms with E-state index in [-0.39, 0.29) is 10.1 Å². The Balaban J connectivity index is 2.14. The Morgan fingerprint density at radius 3 is 2.90 bits per heavy atom. The number of nitrogens with one attached hydrogen (secondary N) is 1. The number of halogens is 1. The van der Waals surface area contributed by atoms with Gasteiger partial charge in [0.1, 0.15) is 22.3 Å². The molecule has 20 heavy (non-hydrogen) atoms. The highest BCUT2D eigenvalue weighted by molar-refractivity contribution is 8.06. The number of nitriles is 1. The minimum absolute atomic E-state index is 0.211. The Labute approximate surface area is 126 Å². The largest absolute Gasteiger partial charge is 0.242 e. The second kappa shape index (κ2) is 6.80. The van der Waals surface area contributed by atoms with E-state index in [1.54, 1.807) is 29.6 Å². The van der Waals surface area contributed by atoms with Crippen molar-refractivity contribution in [2.24, 2.45) is 0 Å². The van der Waals surface area contributed by atoms with Crippen molar-refractivity contribution in [2.75, 3.05) is 23.8 Å². The van der Waals surface area contributed by atoms with Crippen LogP contribution in [0.15, 0.2) is 23.1 Å². The maximum absolute atomic E-state index is 13.5. The van der Waals surface area contributed by atoms with E-state index in [1.807, 2.05) is 0 Å². The van der Waals surface area contributed by atoms with Crippen molar-refractivity contribution in [3.63, 3.8) is 0 Å². The van der Waals surface area contributed by atoms with Crippen molar-refractivity contribution in [3.8, 4) is 6.07 Å². The number of sulfonamides is 1. The molecule has 0 saturated carbocycles. The van der Waals surface area contributed by atoms with Gasteiger partial charge in [-0.15, -0.1) is 0 Å². The van der Waals surface area contributed by atoms with E-state index >= 15 is 0 Å². The van der Waals surface area contributed by atoms with Gasteiger partial charge in [-0.05, 0) is 12.1 Å². The SMILES string of the molecule is N#Cc1c(F)cccc1S(=O)(=O)NCC1CSCCS1. The summed E-state index contributed by atoms with van der Waals surface area (Å²) in [6.07, 6.45) is 0. The third-order valence-electron chi connectivity index (χ3n) is 2.76. The molecular weight excluding hydrogens is 319 g/mol. The Morgan fingerprint density at radius 2 is 2.25 bits per heavy atom. The van der Waals surface area contributed by atoms with Crippen LogP contribution in [-0.4, -0.2) is 37.5 Å². The number of nitrogens with zero attached hydrogens (tertiary/aromatic N) is 1. The summed E-state index contributed by atoms with van der Waals surface area (Å²) < 4.78 is 40.2. The molecule has 1 aromatic carbocycles. The van der Waals surface area contributed by atoms with Gasteiger partial charge in [0, 0.05) is 29.1 Å². The molecule has 1 fully saturated rings. The highest BCUT2D eigenvalue weighted by atomic mass is 32.2. The highest BCUT2D eigenvalue weighted by Gasteiger charge is 2.23. The standard InChI is InChI=1S/C12H13FN2O2S3/c13-11-2-1-3-12(10(11)6-14)20(16,17)15-7-9-8-18-4-5-19-9/h1-3,9,15H,4-5,7-8H2. The van der Waals surface area contributed by atoms with Crippen LogP contribution >= 0.6 is 23.5 Å². The number of thioether (sulfide) groups is 2. The van der Waals surface area contributed by atoms with Crippen LogP contribution in [0.4, 0.5) is 4.39 Å². The Hall–Kier alpha value is -0.750. The molecule has 0 radical (unpaired) electrons. The van der Waals surface area contributed by atoms with Gasteiger partial charge in [0.05, 0.1) is 0 Å². The third-order valence-corrected chi connectivity index (χ3v) is 7.07. The van der Waals surface area contributed by atoms with Gasteiger partial charge in [0.2, 0.25) is 10.0 Å².